The lowest BCUT2D eigenvalue weighted by molar-refractivity contribution is -0.303. The maximum absolute atomic E-state index is 13.2. The van der Waals surface area contributed by atoms with E-state index in [0.717, 1.165) is 0 Å². The highest BCUT2D eigenvalue weighted by molar-refractivity contribution is 5.90. The molecule has 1 amide bonds. The van der Waals surface area contributed by atoms with E-state index < -0.39 is 108 Å². The van der Waals surface area contributed by atoms with E-state index in [-0.39, 0.29) is 45.1 Å². The molecule has 4 aliphatic rings. The Balaban J connectivity index is 1.59. The number of aliphatic hydroxyl groups is 8. The van der Waals surface area contributed by atoms with Crippen LogP contribution in [0.15, 0.2) is 4.99 Å². The minimum atomic E-state index is -1.95. The monoisotopic (exact) mass is 680 g/mol. The van der Waals surface area contributed by atoms with Crippen molar-refractivity contribution in [2.45, 2.75) is 116 Å². The highest BCUT2D eigenvalue weighted by Crippen LogP contribution is 2.41. The molecule has 0 aromatic carbocycles. The molecule has 20 heteroatoms. The molecule has 47 heavy (non-hydrogen) atoms. The minimum absolute atomic E-state index is 0.0468. The van der Waals surface area contributed by atoms with Crippen LogP contribution in [0.25, 0.3) is 0 Å². The fourth-order valence-corrected chi connectivity index (χ4v) is 6.82. The fourth-order valence-electron chi connectivity index (χ4n) is 6.82. The van der Waals surface area contributed by atoms with Crippen molar-refractivity contribution in [1.82, 2.24) is 16.0 Å². The average Bonchev–Trinajstić information content (AvgIpc) is 3.65. The van der Waals surface area contributed by atoms with E-state index in [1.165, 1.54) is 14.0 Å². The summed E-state index contributed by atoms with van der Waals surface area (Å²) in [5, 5.41) is 94.4. The zero-order valence-electron chi connectivity index (χ0n) is 26.4. The molecule has 2 saturated carbocycles. The quantitative estimate of drug-likeness (QED) is 0.0672. The van der Waals surface area contributed by atoms with Gasteiger partial charge in [0, 0.05) is 37.5 Å². The Morgan fingerprint density at radius 2 is 1.77 bits per heavy atom. The van der Waals surface area contributed by atoms with E-state index in [2.05, 4.69) is 20.9 Å². The Morgan fingerprint density at radius 1 is 1.09 bits per heavy atom. The van der Waals surface area contributed by atoms with Gasteiger partial charge >= 0.3 is 0 Å². The molecular formula is C27H52N8O12. The van der Waals surface area contributed by atoms with E-state index in [9.17, 15) is 45.6 Å². The molecule has 19 N–H and O–H groups in total. The Bertz CT molecular complexity index is 1110. The van der Waals surface area contributed by atoms with Crippen LogP contribution in [0, 0.1) is 5.92 Å². The zero-order chi connectivity index (χ0) is 35.0. The van der Waals surface area contributed by atoms with Crippen LogP contribution in [-0.4, -0.2) is 183 Å². The lowest BCUT2D eigenvalue weighted by Gasteiger charge is -2.52. The predicted molar refractivity (Wildman–Crippen MR) is 162 cm³/mol. The van der Waals surface area contributed by atoms with Crippen molar-refractivity contribution in [3.05, 3.63) is 0 Å². The van der Waals surface area contributed by atoms with Gasteiger partial charge in [-0.15, -0.1) is 0 Å². The number of likely N-dealkylation sites (N-methyl/N-ethyl adjacent to an activating group) is 1. The Morgan fingerprint density at radius 3 is 2.38 bits per heavy atom. The Hall–Kier alpha value is -1.86. The number of carbonyl (C=O) groups is 1. The molecule has 0 bridgehead atoms. The van der Waals surface area contributed by atoms with Gasteiger partial charge in [0.15, 0.2) is 17.9 Å². The van der Waals surface area contributed by atoms with Crippen LogP contribution in [0.5, 0.6) is 0 Å². The van der Waals surface area contributed by atoms with Crippen LogP contribution in [0.4, 0.5) is 0 Å². The number of aliphatic imine (C=N–C) groups is 1. The van der Waals surface area contributed by atoms with Gasteiger partial charge in [0.2, 0.25) is 0 Å². The Labute approximate surface area is 271 Å². The number of carbonyl (C=O) groups excluding carboxylic acids is 1. The largest absolute Gasteiger partial charge is 0.395 e. The number of guanidine groups is 1. The molecule has 0 radical (unpaired) electrons. The first-order valence-corrected chi connectivity index (χ1v) is 15.6. The molecule has 4 fully saturated rings. The lowest BCUT2D eigenvalue weighted by atomic mass is 9.72. The number of rotatable bonds is 12. The van der Waals surface area contributed by atoms with Crippen molar-refractivity contribution in [3.8, 4) is 0 Å². The third-order valence-electron chi connectivity index (χ3n) is 9.61. The van der Waals surface area contributed by atoms with Crippen molar-refractivity contribution in [2.24, 2.45) is 33.8 Å². The van der Waals surface area contributed by atoms with Gasteiger partial charge in [-0.25, -0.2) is 4.99 Å². The smallest absolute Gasteiger partial charge is 0.254 e. The highest BCUT2D eigenvalue weighted by Gasteiger charge is 2.62. The van der Waals surface area contributed by atoms with E-state index >= 15 is 0 Å². The summed E-state index contributed by atoms with van der Waals surface area (Å²) in [6.45, 7) is 0.983. The van der Waals surface area contributed by atoms with Gasteiger partial charge in [0.1, 0.15) is 36.1 Å². The van der Waals surface area contributed by atoms with Crippen molar-refractivity contribution < 1.29 is 59.9 Å². The van der Waals surface area contributed by atoms with Gasteiger partial charge in [-0.05, 0) is 20.4 Å². The molecule has 272 valence electrons. The lowest BCUT2D eigenvalue weighted by Crippen LogP contribution is -2.71. The van der Waals surface area contributed by atoms with Crippen molar-refractivity contribution in [3.63, 3.8) is 0 Å². The molecule has 0 spiro atoms. The van der Waals surface area contributed by atoms with Crippen LogP contribution in [-0.2, 0) is 19.0 Å². The summed E-state index contributed by atoms with van der Waals surface area (Å²) in [4.78, 5) is 17.1. The molecule has 4 rings (SSSR count). The topological polar surface area (TPSA) is 359 Å². The molecule has 2 heterocycles. The predicted octanol–water partition coefficient (Wildman–Crippen LogP) is -8.84. The van der Waals surface area contributed by atoms with Crippen LogP contribution in [0.3, 0.4) is 0 Å². The minimum Gasteiger partial charge on any atom is -0.395 e. The summed E-state index contributed by atoms with van der Waals surface area (Å²) in [6, 6.07) is -4.55. The normalized spacial score (nSPS) is 47.6. The molecule has 20 nitrogen and oxygen atoms in total. The number of aliphatic hydroxyl groups excluding tert-OH is 6. The first kappa shape index (κ1) is 38.0. The molecule has 2 aliphatic heterocycles. The summed E-state index contributed by atoms with van der Waals surface area (Å²) in [7, 11) is 1.52. The Kier molecular flexibility index (Phi) is 12.1. The summed E-state index contributed by atoms with van der Waals surface area (Å²) in [5.74, 6) is -2.36. The van der Waals surface area contributed by atoms with E-state index in [1.54, 1.807) is 0 Å². The number of ether oxygens (including phenoxy) is 3. The van der Waals surface area contributed by atoms with Crippen molar-refractivity contribution >= 4 is 11.9 Å². The number of nitrogens with two attached hydrogens (primary N) is 4. The van der Waals surface area contributed by atoms with Crippen LogP contribution in [0.1, 0.15) is 19.8 Å². The first-order valence-electron chi connectivity index (χ1n) is 15.6. The maximum atomic E-state index is 13.2. The highest BCUT2D eigenvalue weighted by atomic mass is 16.7. The summed E-state index contributed by atoms with van der Waals surface area (Å²) < 4.78 is 17.8. The molecule has 17 atom stereocenters. The zero-order valence-corrected chi connectivity index (χ0v) is 26.4. The van der Waals surface area contributed by atoms with Gasteiger partial charge < -0.3 is 93.9 Å². The van der Waals surface area contributed by atoms with Crippen LogP contribution < -0.4 is 38.9 Å². The number of hydrogen-bond acceptors (Lipinski definition) is 17. The van der Waals surface area contributed by atoms with Crippen LogP contribution >= 0.6 is 0 Å². The maximum Gasteiger partial charge on any atom is 0.254 e. The van der Waals surface area contributed by atoms with Gasteiger partial charge in [0.05, 0.1) is 49.7 Å². The average molecular weight is 681 g/mol. The second-order valence-electron chi connectivity index (χ2n) is 13.4. The molecule has 4 unspecified atom stereocenters. The SMILES string of the molecule is CN[C@@H]1[C@@H](O)[C@@H](O[C@H]2[C@H](NC(=O)C3(O)CC3N=C(N)N)C[C@H](N)C([C@H]3O[C@H](CNCC(N)CO)[C@@H](O)[C@H](O)[C@H]3O)[C@@H]2O)OC[C@]1(C)O. The standard InChI is InChI=1S/C27H52N8O12/c1-26(43)8-45-23(19(41)22(26)32-2)47-20-11(34-24(42)27(44)4-13(27)35-25(30)31)3-10(29)14(16(20)38)21-18(40)17(39)15(37)12(46-21)6-33-5-9(28)7-36/h9-23,32-33,36-41,43-44H,3-8,28-29H2,1-2H3,(H,34,42)(H4,30,31,35)/t9?,10-,11+,12+,13?,14?,15+,16-,17-,18+,19+,20-,21+,22+,23+,26-,27?/m0/s1. The number of hydrogen-bond donors (Lipinski definition) is 15. The van der Waals surface area contributed by atoms with E-state index in [0.29, 0.717) is 0 Å². The molecule has 0 aromatic heterocycles. The van der Waals surface area contributed by atoms with Gasteiger partial charge in [-0.3, -0.25) is 4.79 Å². The molecular weight excluding hydrogens is 628 g/mol. The third-order valence-corrected chi connectivity index (χ3v) is 9.61. The second-order valence-corrected chi connectivity index (χ2v) is 13.4. The molecule has 2 saturated heterocycles. The molecule has 2 aliphatic carbocycles. The fraction of sp³-hybridized carbons (Fsp3) is 0.926. The van der Waals surface area contributed by atoms with E-state index in [1.807, 2.05) is 0 Å². The van der Waals surface area contributed by atoms with Crippen molar-refractivity contribution in [2.75, 3.05) is 33.4 Å². The summed E-state index contributed by atoms with van der Waals surface area (Å²) in [5.41, 5.74) is 19.6. The summed E-state index contributed by atoms with van der Waals surface area (Å²) >= 11 is 0. The van der Waals surface area contributed by atoms with Crippen molar-refractivity contribution in [1.29, 1.82) is 0 Å². The number of amides is 1. The summed E-state index contributed by atoms with van der Waals surface area (Å²) in [6.07, 6.45) is -13.6. The van der Waals surface area contributed by atoms with E-state index in [4.69, 9.17) is 37.1 Å². The first-order chi connectivity index (χ1) is 22.0. The number of nitrogens with one attached hydrogen (secondary N) is 3. The van der Waals surface area contributed by atoms with Gasteiger partial charge in [-0.2, -0.15) is 0 Å². The molecule has 0 aromatic rings. The third kappa shape index (κ3) is 7.97. The van der Waals surface area contributed by atoms with Gasteiger partial charge in [-0.1, -0.05) is 0 Å². The number of nitrogens with zero attached hydrogens (tertiary/aromatic N) is 1. The van der Waals surface area contributed by atoms with Crippen LogP contribution in [0.2, 0.25) is 0 Å². The van der Waals surface area contributed by atoms with Gasteiger partial charge in [0.25, 0.3) is 5.91 Å². The second kappa shape index (κ2) is 14.9.